The van der Waals surface area contributed by atoms with Crippen LogP contribution in [-0.2, 0) is 11.2 Å². The van der Waals surface area contributed by atoms with Gasteiger partial charge in [0.2, 0.25) is 0 Å². The van der Waals surface area contributed by atoms with Gasteiger partial charge in [0.1, 0.15) is 0 Å². The van der Waals surface area contributed by atoms with Crippen LogP contribution < -0.4 is 5.73 Å². The molecule has 1 aromatic carbocycles. The molecule has 0 aliphatic rings. The molecular weight excluding hydrogens is 181 g/mol. The maximum absolute atomic E-state index is 11.7. The van der Waals surface area contributed by atoms with Gasteiger partial charge in [0.15, 0.2) is 0 Å². The van der Waals surface area contributed by atoms with Crippen molar-refractivity contribution in [2.75, 3.05) is 25.6 Å². The molecule has 0 saturated heterocycles. The van der Waals surface area contributed by atoms with E-state index in [9.17, 15) is 4.39 Å². The molecule has 0 amide bonds. The summed E-state index contributed by atoms with van der Waals surface area (Å²) in [6.45, 7) is 0.783. The summed E-state index contributed by atoms with van der Waals surface area (Å²) in [5, 5.41) is 0. The number of nitrogen functional groups attached to an aromatic ring is 1. The van der Waals surface area contributed by atoms with E-state index < -0.39 is 0 Å². The first-order chi connectivity index (χ1) is 6.84. The number of alkyl halides is 1. The normalized spacial score (nSPS) is 10.4. The molecule has 0 radical (unpaired) electrons. The van der Waals surface area contributed by atoms with Crippen LogP contribution in [0.15, 0.2) is 24.3 Å². The van der Waals surface area contributed by atoms with E-state index in [4.69, 9.17) is 10.5 Å². The van der Waals surface area contributed by atoms with Crippen molar-refractivity contribution in [1.82, 2.24) is 0 Å². The smallest absolute Gasteiger partial charge is 0.0916 e. The van der Waals surface area contributed by atoms with Crippen molar-refractivity contribution in [2.24, 2.45) is 0 Å². The van der Waals surface area contributed by atoms with E-state index in [0.29, 0.717) is 19.6 Å². The number of nitrogens with two attached hydrogens (primary N) is 1. The van der Waals surface area contributed by atoms with Gasteiger partial charge < -0.3 is 10.5 Å². The molecule has 14 heavy (non-hydrogen) atoms. The van der Waals surface area contributed by atoms with Crippen molar-refractivity contribution in [1.29, 1.82) is 0 Å². The third-order valence-corrected chi connectivity index (χ3v) is 1.99. The van der Waals surface area contributed by atoms with Crippen LogP contribution in [0.2, 0.25) is 0 Å². The zero-order valence-corrected chi connectivity index (χ0v) is 8.21. The molecule has 0 heterocycles. The van der Waals surface area contributed by atoms with Gasteiger partial charge in [0, 0.05) is 12.3 Å². The first-order valence-corrected chi connectivity index (χ1v) is 4.81. The van der Waals surface area contributed by atoms with Crippen molar-refractivity contribution < 1.29 is 9.13 Å². The van der Waals surface area contributed by atoms with Crippen LogP contribution >= 0.6 is 0 Å². The highest BCUT2D eigenvalue weighted by Gasteiger charge is 1.97. The molecule has 0 aromatic heterocycles. The van der Waals surface area contributed by atoms with E-state index in [-0.39, 0.29) is 6.67 Å². The Kier molecular flexibility index (Phi) is 5.00. The van der Waals surface area contributed by atoms with Crippen molar-refractivity contribution >= 4 is 5.69 Å². The summed E-state index contributed by atoms with van der Waals surface area (Å²) < 4.78 is 16.9. The average Bonchev–Trinajstić information content (AvgIpc) is 2.20. The Morgan fingerprint density at radius 3 is 2.71 bits per heavy atom. The topological polar surface area (TPSA) is 35.2 Å². The fourth-order valence-corrected chi connectivity index (χ4v) is 1.20. The molecule has 0 bridgehead atoms. The SMILES string of the molecule is Nc1ccccc1CCOCCCF. The molecule has 0 spiro atoms. The third-order valence-electron chi connectivity index (χ3n) is 1.99. The van der Waals surface area contributed by atoms with E-state index in [0.717, 1.165) is 17.7 Å². The van der Waals surface area contributed by atoms with Gasteiger partial charge in [-0.25, -0.2) is 0 Å². The van der Waals surface area contributed by atoms with Crippen LogP contribution in [0.5, 0.6) is 0 Å². The molecule has 3 heteroatoms. The lowest BCUT2D eigenvalue weighted by Crippen LogP contribution is -2.03. The molecule has 0 fully saturated rings. The first-order valence-electron chi connectivity index (χ1n) is 4.81. The van der Waals surface area contributed by atoms with Crippen LogP contribution in [0.1, 0.15) is 12.0 Å². The summed E-state index contributed by atoms with van der Waals surface area (Å²) >= 11 is 0. The Balaban J connectivity index is 2.21. The number of anilines is 1. The Hall–Kier alpha value is -1.09. The summed E-state index contributed by atoms with van der Waals surface area (Å²) in [6, 6.07) is 7.71. The number of rotatable bonds is 6. The van der Waals surface area contributed by atoms with Gasteiger partial charge in [0.05, 0.1) is 13.3 Å². The number of ether oxygens (including phenoxy) is 1. The molecule has 0 unspecified atom stereocenters. The summed E-state index contributed by atoms with van der Waals surface area (Å²) in [5.74, 6) is 0. The second-order valence-corrected chi connectivity index (χ2v) is 3.10. The molecule has 0 atom stereocenters. The zero-order valence-electron chi connectivity index (χ0n) is 8.21. The highest BCUT2D eigenvalue weighted by molar-refractivity contribution is 5.46. The monoisotopic (exact) mass is 197 g/mol. The Morgan fingerprint density at radius 1 is 1.21 bits per heavy atom. The molecule has 1 aromatic rings. The van der Waals surface area contributed by atoms with Gasteiger partial charge in [-0.1, -0.05) is 18.2 Å². The molecule has 78 valence electrons. The second-order valence-electron chi connectivity index (χ2n) is 3.10. The lowest BCUT2D eigenvalue weighted by atomic mass is 10.1. The minimum absolute atomic E-state index is 0.312. The number of benzene rings is 1. The largest absolute Gasteiger partial charge is 0.399 e. The molecule has 0 saturated carbocycles. The number of hydrogen-bond donors (Lipinski definition) is 1. The van der Waals surface area contributed by atoms with Crippen LogP contribution in [0.25, 0.3) is 0 Å². The standard InChI is InChI=1S/C11H16FNO/c12-7-3-8-14-9-6-10-4-1-2-5-11(10)13/h1-2,4-5H,3,6-9,13H2. The van der Waals surface area contributed by atoms with Gasteiger partial charge in [-0.15, -0.1) is 0 Å². The minimum Gasteiger partial charge on any atom is -0.399 e. The van der Waals surface area contributed by atoms with E-state index in [1.165, 1.54) is 0 Å². The Bertz CT molecular complexity index is 265. The van der Waals surface area contributed by atoms with Crippen molar-refractivity contribution in [2.45, 2.75) is 12.8 Å². The van der Waals surface area contributed by atoms with Gasteiger partial charge in [-0.3, -0.25) is 4.39 Å². The van der Waals surface area contributed by atoms with Crippen LogP contribution in [-0.4, -0.2) is 19.9 Å². The van der Waals surface area contributed by atoms with Crippen molar-refractivity contribution in [3.8, 4) is 0 Å². The van der Waals surface area contributed by atoms with Crippen molar-refractivity contribution in [3.63, 3.8) is 0 Å². The minimum atomic E-state index is -0.312. The van der Waals surface area contributed by atoms with Crippen LogP contribution in [0, 0.1) is 0 Å². The van der Waals surface area contributed by atoms with Gasteiger partial charge in [-0.05, 0) is 24.5 Å². The predicted octanol–water partition coefficient (Wildman–Crippen LogP) is 2.19. The highest BCUT2D eigenvalue weighted by Crippen LogP contribution is 2.10. The third kappa shape index (κ3) is 3.75. The molecule has 0 aliphatic carbocycles. The molecule has 2 nitrogen and oxygen atoms in total. The Labute approximate surface area is 83.9 Å². The lowest BCUT2D eigenvalue weighted by Gasteiger charge is -2.05. The lowest BCUT2D eigenvalue weighted by molar-refractivity contribution is 0.129. The average molecular weight is 197 g/mol. The fraction of sp³-hybridized carbons (Fsp3) is 0.455. The van der Waals surface area contributed by atoms with E-state index in [1.54, 1.807) is 0 Å². The highest BCUT2D eigenvalue weighted by atomic mass is 19.1. The van der Waals surface area contributed by atoms with E-state index in [1.807, 2.05) is 24.3 Å². The number of halogens is 1. The molecule has 0 aliphatic heterocycles. The quantitative estimate of drug-likeness (QED) is 0.560. The summed E-state index contributed by atoms with van der Waals surface area (Å²) in [5.41, 5.74) is 7.63. The molecule has 2 N–H and O–H groups in total. The maximum Gasteiger partial charge on any atom is 0.0916 e. The van der Waals surface area contributed by atoms with Gasteiger partial charge in [0.25, 0.3) is 0 Å². The fourth-order valence-electron chi connectivity index (χ4n) is 1.20. The van der Waals surface area contributed by atoms with Crippen molar-refractivity contribution in [3.05, 3.63) is 29.8 Å². The van der Waals surface area contributed by atoms with Gasteiger partial charge >= 0.3 is 0 Å². The number of hydrogen-bond acceptors (Lipinski definition) is 2. The zero-order chi connectivity index (χ0) is 10.2. The summed E-state index contributed by atoms with van der Waals surface area (Å²) in [6.07, 6.45) is 1.27. The second kappa shape index (κ2) is 6.38. The van der Waals surface area contributed by atoms with E-state index >= 15 is 0 Å². The predicted molar refractivity (Wildman–Crippen MR) is 56.0 cm³/mol. The first kappa shape index (κ1) is 11.0. The summed E-state index contributed by atoms with van der Waals surface area (Å²) in [4.78, 5) is 0. The molecule has 1 rings (SSSR count). The summed E-state index contributed by atoms with van der Waals surface area (Å²) in [7, 11) is 0. The van der Waals surface area contributed by atoms with Crippen LogP contribution in [0.3, 0.4) is 0 Å². The number of para-hydroxylation sites is 1. The maximum atomic E-state index is 11.7. The van der Waals surface area contributed by atoms with E-state index in [2.05, 4.69) is 0 Å². The molecular formula is C11H16FNO. The van der Waals surface area contributed by atoms with Gasteiger partial charge in [-0.2, -0.15) is 0 Å². The van der Waals surface area contributed by atoms with Crippen LogP contribution in [0.4, 0.5) is 10.1 Å². The Morgan fingerprint density at radius 2 is 2.00 bits per heavy atom.